The van der Waals surface area contributed by atoms with Gasteiger partial charge in [-0.05, 0) is 12.8 Å². The molecule has 0 fully saturated rings. The summed E-state index contributed by atoms with van der Waals surface area (Å²) in [6, 6.07) is 0. The Morgan fingerprint density at radius 1 is 1.47 bits per heavy atom. The number of aliphatic hydroxyl groups is 1. The zero-order valence-corrected chi connectivity index (χ0v) is 9.82. The number of ether oxygens (including phenoxy) is 1. The molecule has 0 aliphatic rings. The van der Waals surface area contributed by atoms with E-state index in [-0.39, 0.29) is 6.61 Å². The van der Waals surface area contributed by atoms with Crippen LogP contribution in [0.4, 0.5) is 0 Å². The van der Waals surface area contributed by atoms with Crippen LogP contribution in [0, 0.1) is 5.92 Å². The standard InChI is InChI=1S/C11H22O4/c1-4-6-7-9(10(12)13)11(14,5-2)8-15-3/h9,14H,4-8H2,1-3H3,(H,12,13). The van der Waals surface area contributed by atoms with Crippen LogP contribution in [0.25, 0.3) is 0 Å². The zero-order chi connectivity index (χ0) is 11.9. The van der Waals surface area contributed by atoms with Crippen molar-refractivity contribution in [3.63, 3.8) is 0 Å². The van der Waals surface area contributed by atoms with Gasteiger partial charge in [-0.25, -0.2) is 0 Å². The van der Waals surface area contributed by atoms with E-state index in [0.29, 0.717) is 12.8 Å². The molecule has 0 radical (unpaired) electrons. The van der Waals surface area contributed by atoms with Crippen LogP contribution in [0.15, 0.2) is 0 Å². The highest BCUT2D eigenvalue weighted by molar-refractivity contribution is 5.71. The van der Waals surface area contributed by atoms with Crippen LogP contribution >= 0.6 is 0 Å². The van der Waals surface area contributed by atoms with Gasteiger partial charge in [0.25, 0.3) is 0 Å². The summed E-state index contributed by atoms with van der Waals surface area (Å²) in [5.74, 6) is -1.67. The Balaban J connectivity index is 4.60. The highest BCUT2D eigenvalue weighted by Gasteiger charge is 2.39. The molecule has 0 aliphatic carbocycles. The molecule has 0 aromatic rings. The lowest BCUT2D eigenvalue weighted by Crippen LogP contribution is -2.45. The maximum Gasteiger partial charge on any atom is 0.309 e. The monoisotopic (exact) mass is 218 g/mol. The summed E-state index contributed by atoms with van der Waals surface area (Å²) in [6.07, 6.45) is 2.63. The Hall–Kier alpha value is -0.610. The smallest absolute Gasteiger partial charge is 0.309 e. The molecule has 0 saturated carbocycles. The molecule has 4 heteroatoms. The van der Waals surface area contributed by atoms with Crippen molar-refractivity contribution in [2.24, 2.45) is 5.92 Å². The van der Waals surface area contributed by atoms with Gasteiger partial charge in [0, 0.05) is 7.11 Å². The summed E-state index contributed by atoms with van der Waals surface area (Å²) in [5.41, 5.74) is -1.24. The van der Waals surface area contributed by atoms with Gasteiger partial charge in [-0.2, -0.15) is 0 Å². The van der Waals surface area contributed by atoms with E-state index in [0.717, 1.165) is 12.8 Å². The third kappa shape index (κ3) is 4.18. The number of hydrogen-bond acceptors (Lipinski definition) is 3. The molecule has 0 aromatic carbocycles. The molecule has 15 heavy (non-hydrogen) atoms. The van der Waals surface area contributed by atoms with Gasteiger partial charge in [-0.1, -0.05) is 26.7 Å². The van der Waals surface area contributed by atoms with Crippen LogP contribution in [0.5, 0.6) is 0 Å². The molecule has 0 spiro atoms. The SMILES string of the molecule is CCCCC(C(=O)O)C(O)(CC)COC. The zero-order valence-electron chi connectivity index (χ0n) is 9.82. The summed E-state index contributed by atoms with van der Waals surface area (Å²) < 4.78 is 4.90. The van der Waals surface area contributed by atoms with E-state index in [4.69, 9.17) is 9.84 Å². The van der Waals surface area contributed by atoms with Crippen molar-refractivity contribution in [2.45, 2.75) is 45.1 Å². The highest BCUT2D eigenvalue weighted by atomic mass is 16.5. The van der Waals surface area contributed by atoms with Crippen LogP contribution in [0.1, 0.15) is 39.5 Å². The lowest BCUT2D eigenvalue weighted by Gasteiger charge is -2.32. The number of unbranched alkanes of at least 4 members (excludes halogenated alkanes) is 1. The van der Waals surface area contributed by atoms with Crippen molar-refractivity contribution < 1.29 is 19.7 Å². The van der Waals surface area contributed by atoms with Crippen LogP contribution in [0.3, 0.4) is 0 Å². The first-order valence-corrected chi connectivity index (χ1v) is 5.46. The minimum absolute atomic E-state index is 0.0736. The van der Waals surface area contributed by atoms with E-state index in [2.05, 4.69) is 0 Å². The second-order valence-electron chi connectivity index (χ2n) is 3.92. The van der Waals surface area contributed by atoms with E-state index in [1.165, 1.54) is 7.11 Å². The Morgan fingerprint density at radius 2 is 2.07 bits per heavy atom. The van der Waals surface area contributed by atoms with Crippen LogP contribution in [0.2, 0.25) is 0 Å². The molecule has 4 nitrogen and oxygen atoms in total. The Labute approximate surface area is 91.3 Å². The molecule has 0 amide bonds. The first-order valence-electron chi connectivity index (χ1n) is 5.46. The van der Waals surface area contributed by atoms with Crippen molar-refractivity contribution in [3.05, 3.63) is 0 Å². The van der Waals surface area contributed by atoms with Crippen molar-refractivity contribution in [3.8, 4) is 0 Å². The lowest BCUT2D eigenvalue weighted by molar-refractivity contribution is -0.158. The van der Waals surface area contributed by atoms with Gasteiger partial charge in [-0.15, -0.1) is 0 Å². The van der Waals surface area contributed by atoms with Gasteiger partial charge in [0.15, 0.2) is 0 Å². The molecule has 0 bridgehead atoms. The minimum atomic E-state index is -1.24. The van der Waals surface area contributed by atoms with Crippen molar-refractivity contribution >= 4 is 5.97 Å². The molecule has 0 aromatic heterocycles. The predicted molar refractivity (Wildman–Crippen MR) is 57.8 cm³/mol. The van der Waals surface area contributed by atoms with E-state index in [9.17, 15) is 9.90 Å². The lowest BCUT2D eigenvalue weighted by atomic mass is 9.82. The van der Waals surface area contributed by atoms with Crippen molar-refractivity contribution in [1.82, 2.24) is 0 Å². The third-order valence-corrected chi connectivity index (χ3v) is 2.80. The van der Waals surface area contributed by atoms with Gasteiger partial charge in [0.05, 0.1) is 12.5 Å². The van der Waals surface area contributed by atoms with Gasteiger partial charge in [-0.3, -0.25) is 4.79 Å². The maximum atomic E-state index is 11.1. The largest absolute Gasteiger partial charge is 0.481 e. The average Bonchev–Trinajstić information content (AvgIpc) is 2.18. The fraction of sp³-hybridized carbons (Fsp3) is 0.909. The Morgan fingerprint density at radius 3 is 2.40 bits per heavy atom. The normalized spacial score (nSPS) is 17.1. The van der Waals surface area contributed by atoms with Crippen molar-refractivity contribution in [1.29, 1.82) is 0 Å². The van der Waals surface area contributed by atoms with Gasteiger partial charge in [0.1, 0.15) is 5.60 Å². The molecule has 2 N–H and O–H groups in total. The van der Waals surface area contributed by atoms with Crippen LogP contribution in [-0.4, -0.2) is 35.5 Å². The number of methoxy groups -OCH3 is 1. The second-order valence-corrected chi connectivity index (χ2v) is 3.92. The first-order chi connectivity index (χ1) is 7.01. The summed E-state index contributed by atoms with van der Waals surface area (Å²) in [5, 5.41) is 19.2. The van der Waals surface area contributed by atoms with E-state index in [1.54, 1.807) is 6.92 Å². The number of hydrogen-bond donors (Lipinski definition) is 2. The third-order valence-electron chi connectivity index (χ3n) is 2.80. The van der Waals surface area contributed by atoms with Crippen LogP contribution in [-0.2, 0) is 9.53 Å². The van der Waals surface area contributed by atoms with E-state index in [1.807, 2.05) is 6.92 Å². The molecule has 0 aliphatic heterocycles. The topological polar surface area (TPSA) is 66.8 Å². The molecule has 90 valence electrons. The average molecular weight is 218 g/mol. The number of carboxylic acid groups (broad SMARTS) is 1. The molecule has 2 atom stereocenters. The molecule has 2 unspecified atom stereocenters. The number of carbonyl (C=O) groups is 1. The van der Waals surface area contributed by atoms with E-state index >= 15 is 0 Å². The van der Waals surface area contributed by atoms with Gasteiger partial charge in [0.2, 0.25) is 0 Å². The first kappa shape index (κ1) is 14.4. The fourth-order valence-corrected chi connectivity index (χ4v) is 1.73. The molecule has 0 heterocycles. The molecule has 0 saturated heterocycles. The number of aliphatic carboxylic acids is 1. The summed E-state index contributed by atoms with van der Waals surface area (Å²) in [6.45, 7) is 3.85. The number of rotatable bonds is 8. The molecule has 0 rings (SSSR count). The van der Waals surface area contributed by atoms with Gasteiger partial charge >= 0.3 is 5.97 Å². The fourth-order valence-electron chi connectivity index (χ4n) is 1.73. The van der Waals surface area contributed by atoms with Crippen LogP contribution < -0.4 is 0 Å². The number of carboxylic acids is 1. The van der Waals surface area contributed by atoms with Gasteiger partial charge < -0.3 is 14.9 Å². The Kier molecular flexibility index (Phi) is 6.52. The second kappa shape index (κ2) is 6.80. The quantitative estimate of drug-likeness (QED) is 0.650. The Bertz CT molecular complexity index is 193. The highest BCUT2D eigenvalue weighted by Crippen LogP contribution is 2.27. The molecular weight excluding hydrogens is 196 g/mol. The summed E-state index contributed by atoms with van der Waals surface area (Å²) >= 11 is 0. The summed E-state index contributed by atoms with van der Waals surface area (Å²) in [7, 11) is 1.47. The minimum Gasteiger partial charge on any atom is -0.481 e. The van der Waals surface area contributed by atoms with Crippen molar-refractivity contribution in [2.75, 3.05) is 13.7 Å². The van der Waals surface area contributed by atoms with E-state index < -0.39 is 17.5 Å². The maximum absolute atomic E-state index is 11.1. The summed E-state index contributed by atoms with van der Waals surface area (Å²) in [4.78, 5) is 11.1. The molecular formula is C11H22O4. The predicted octanol–water partition coefficient (Wildman–Crippen LogP) is 1.66.